The second-order valence-electron chi connectivity index (χ2n) is 7.49. The standard InChI is InChI=1S/C26H23BrN2O4S/c1-4-13-33-20-12-11-16(14-18(20)27)15-21-24(30)29-23(17-9-7-6-8-10-17)22(25(31)32-3)19(5-2)28-26(29)34-21/h4,6-12,14-15,23H,1,5,13H2,2-3H3/b21-15-/t23-/m1/s1. The fourth-order valence-corrected chi connectivity index (χ4v) is 5.37. The van der Waals surface area contributed by atoms with Crippen LogP contribution in [0.3, 0.4) is 0 Å². The number of rotatable bonds is 7. The van der Waals surface area contributed by atoms with Crippen molar-refractivity contribution < 1.29 is 14.3 Å². The van der Waals surface area contributed by atoms with Gasteiger partial charge in [-0.05, 0) is 51.7 Å². The molecule has 0 bridgehead atoms. The number of fused-ring (bicyclic) bond motifs is 1. The molecule has 2 aromatic carbocycles. The van der Waals surface area contributed by atoms with Crippen molar-refractivity contribution in [2.75, 3.05) is 13.7 Å². The van der Waals surface area contributed by atoms with Crippen molar-refractivity contribution in [3.05, 3.63) is 108 Å². The van der Waals surface area contributed by atoms with Gasteiger partial charge in [0, 0.05) is 0 Å². The van der Waals surface area contributed by atoms with Crippen molar-refractivity contribution in [1.29, 1.82) is 0 Å². The number of benzene rings is 2. The highest BCUT2D eigenvalue weighted by molar-refractivity contribution is 9.10. The lowest BCUT2D eigenvalue weighted by Gasteiger charge is -2.25. The van der Waals surface area contributed by atoms with Crippen LogP contribution in [0.25, 0.3) is 6.08 Å². The molecule has 1 aromatic heterocycles. The predicted octanol–water partition coefficient (Wildman–Crippen LogP) is 4.13. The number of halogens is 1. The first-order valence-electron chi connectivity index (χ1n) is 10.7. The first-order chi connectivity index (χ1) is 16.5. The molecule has 1 aliphatic heterocycles. The van der Waals surface area contributed by atoms with E-state index in [1.54, 1.807) is 10.6 Å². The van der Waals surface area contributed by atoms with E-state index in [9.17, 15) is 9.59 Å². The number of hydrogen-bond donors (Lipinski definition) is 0. The van der Waals surface area contributed by atoms with E-state index in [1.165, 1.54) is 18.4 Å². The van der Waals surface area contributed by atoms with E-state index in [0.29, 0.717) is 39.4 Å². The van der Waals surface area contributed by atoms with Crippen LogP contribution in [0.15, 0.2) is 86.7 Å². The lowest BCUT2D eigenvalue weighted by molar-refractivity contribution is -0.136. The van der Waals surface area contributed by atoms with Gasteiger partial charge in [0.25, 0.3) is 5.56 Å². The summed E-state index contributed by atoms with van der Waals surface area (Å²) in [6.07, 6.45) is 4.04. The monoisotopic (exact) mass is 538 g/mol. The summed E-state index contributed by atoms with van der Waals surface area (Å²) in [4.78, 5) is 31.6. The summed E-state index contributed by atoms with van der Waals surface area (Å²) in [5, 5.41) is 0. The Morgan fingerprint density at radius 2 is 2.03 bits per heavy atom. The van der Waals surface area contributed by atoms with Crippen LogP contribution in [0, 0.1) is 0 Å². The summed E-state index contributed by atoms with van der Waals surface area (Å²) in [6.45, 7) is 6.00. The molecular formula is C26H23BrN2O4S. The number of ether oxygens (including phenoxy) is 2. The molecule has 34 heavy (non-hydrogen) atoms. The first-order valence-corrected chi connectivity index (χ1v) is 12.3. The van der Waals surface area contributed by atoms with Crippen molar-refractivity contribution in [1.82, 2.24) is 4.57 Å². The average Bonchev–Trinajstić information content (AvgIpc) is 3.16. The molecule has 0 aliphatic carbocycles. The zero-order valence-corrected chi connectivity index (χ0v) is 21.2. The Kier molecular flexibility index (Phi) is 7.29. The smallest absolute Gasteiger partial charge is 0.338 e. The maximum atomic E-state index is 13.6. The molecule has 0 saturated heterocycles. The Morgan fingerprint density at radius 3 is 2.68 bits per heavy atom. The van der Waals surface area contributed by atoms with Crippen LogP contribution in [-0.4, -0.2) is 24.3 Å². The lowest BCUT2D eigenvalue weighted by Crippen LogP contribution is -2.40. The van der Waals surface area contributed by atoms with Gasteiger partial charge in [-0.15, -0.1) is 0 Å². The highest BCUT2D eigenvalue weighted by Crippen LogP contribution is 2.31. The molecule has 0 amide bonds. The number of nitrogens with zero attached hydrogens (tertiary/aromatic N) is 2. The largest absolute Gasteiger partial charge is 0.488 e. The molecular weight excluding hydrogens is 516 g/mol. The summed E-state index contributed by atoms with van der Waals surface area (Å²) in [7, 11) is 1.34. The van der Waals surface area contributed by atoms with Gasteiger partial charge in [-0.25, -0.2) is 9.79 Å². The number of esters is 1. The zero-order chi connectivity index (χ0) is 24.2. The van der Waals surface area contributed by atoms with E-state index in [-0.39, 0.29) is 5.56 Å². The van der Waals surface area contributed by atoms with Crippen LogP contribution in [0.2, 0.25) is 0 Å². The van der Waals surface area contributed by atoms with Crippen LogP contribution in [0.1, 0.15) is 30.5 Å². The second-order valence-corrected chi connectivity index (χ2v) is 9.35. The van der Waals surface area contributed by atoms with Gasteiger partial charge in [-0.3, -0.25) is 9.36 Å². The summed E-state index contributed by atoms with van der Waals surface area (Å²) < 4.78 is 13.6. The summed E-state index contributed by atoms with van der Waals surface area (Å²) in [5.74, 6) is 0.209. The molecule has 0 N–H and O–H groups in total. The Labute approximate surface area is 209 Å². The van der Waals surface area contributed by atoms with E-state index < -0.39 is 12.0 Å². The fourth-order valence-electron chi connectivity index (χ4n) is 3.84. The molecule has 3 aromatic rings. The topological polar surface area (TPSA) is 69.9 Å². The molecule has 2 heterocycles. The Bertz CT molecular complexity index is 1450. The van der Waals surface area contributed by atoms with E-state index in [1.807, 2.05) is 61.5 Å². The van der Waals surface area contributed by atoms with Gasteiger partial charge < -0.3 is 9.47 Å². The third-order valence-electron chi connectivity index (χ3n) is 5.38. The van der Waals surface area contributed by atoms with Crippen LogP contribution in [0.5, 0.6) is 5.75 Å². The van der Waals surface area contributed by atoms with Crippen molar-refractivity contribution >= 4 is 39.3 Å². The van der Waals surface area contributed by atoms with E-state index in [2.05, 4.69) is 27.5 Å². The number of carbonyl (C=O) groups excluding carboxylic acids is 1. The number of hydrogen-bond acceptors (Lipinski definition) is 6. The lowest BCUT2D eigenvalue weighted by atomic mass is 9.95. The van der Waals surface area contributed by atoms with Gasteiger partial charge in [0.2, 0.25) is 0 Å². The number of methoxy groups -OCH3 is 1. The quantitative estimate of drug-likeness (QED) is 0.335. The van der Waals surface area contributed by atoms with Crippen LogP contribution in [0.4, 0.5) is 0 Å². The molecule has 4 rings (SSSR count). The second kappa shape index (κ2) is 10.4. The zero-order valence-electron chi connectivity index (χ0n) is 18.8. The molecule has 0 spiro atoms. The van der Waals surface area contributed by atoms with E-state index in [0.717, 1.165) is 15.6 Å². The van der Waals surface area contributed by atoms with E-state index in [4.69, 9.17) is 9.47 Å². The number of aromatic nitrogens is 1. The number of thiazole rings is 1. The molecule has 0 radical (unpaired) electrons. The van der Waals surface area contributed by atoms with Gasteiger partial charge in [0.05, 0.1) is 33.4 Å². The van der Waals surface area contributed by atoms with Gasteiger partial charge in [0.1, 0.15) is 12.4 Å². The Hall–Kier alpha value is -3.23. The highest BCUT2D eigenvalue weighted by Gasteiger charge is 2.33. The summed E-state index contributed by atoms with van der Waals surface area (Å²) in [5.41, 5.74) is 2.46. The third kappa shape index (κ3) is 4.56. The molecule has 6 nitrogen and oxygen atoms in total. The maximum Gasteiger partial charge on any atom is 0.338 e. The highest BCUT2D eigenvalue weighted by atomic mass is 79.9. The molecule has 0 unspecified atom stereocenters. The normalized spacial score (nSPS) is 15.5. The van der Waals surface area contributed by atoms with Crippen LogP contribution in [-0.2, 0) is 9.53 Å². The predicted molar refractivity (Wildman–Crippen MR) is 137 cm³/mol. The molecule has 0 saturated carbocycles. The molecule has 174 valence electrons. The minimum atomic E-state index is -0.608. The van der Waals surface area contributed by atoms with Crippen molar-refractivity contribution in [2.24, 2.45) is 4.99 Å². The van der Waals surface area contributed by atoms with Gasteiger partial charge in [-0.2, -0.15) is 0 Å². The molecule has 1 atom stereocenters. The van der Waals surface area contributed by atoms with Crippen LogP contribution < -0.4 is 19.6 Å². The van der Waals surface area contributed by atoms with E-state index >= 15 is 0 Å². The van der Waals surface area contributed by atoms with Gasteiger partial charge in [0.15, 0.2) is 4.80 Å². The minimum Gasteiger partial charge on any atom is -0.488 e. The van der Waals surface area contributed by atoms with Gasteiger partial charge in [-0.1, -0.05) is 67.3 Å². The van der Waals surface area contributed by atoms with Crippen molar-refractivity contribution in [3.8, 4) is 5.75 Å². The van der Waals surface area contributed by atoms with Gasteiger partial charge >= 0.3 is 5.97 Å². The average molecular weight is 539 g/mol. The molecule has 1 aliphatic rings. The maximum absolute atomic E-state index is 13.6. The molecule has 8 heteroatoms. The number of carbonyl (C=O) groups is 1. The fraction of sp³-hybridized carbons (Fsp3) is 0.192. The first kappa shape index (κ1) is 23.9. The SMILES string of the molecule is C=CCOc1ccc(/C=c2\sc3n(c2=O)[C@H](c2ccccc2)C(C(=O)OC)=C(CC)N=3)cc1Br. The van der Waals surface area contributed by atoms with Crippen molar-refractivity contribution in [2.45, 2.75) is 19.4 Å². The molecule has 0 fully saturated rings. The Balaban J connectivity index is 1.89. The number of allylic oxidation sites excluding steroid dienone is 1. The summed E-state index contributed by atoms with van der Waals surface area (Å²) >= 11 is 4.82. The van der Waals surface area contributed by atoms with Crippen LogP contribution >= 0.6 is 27.3 Å². The Morgan fingerprint density at radius 1 is 1.26 bits per heavy atom. The summed E-state index contributed by atoms with van der Waals surface area (Å²) in [6, 6.07) is 14.5. The van der Waals surface area contributed by atoms with Crippen molar-refractivity contribution in [3.63, 3.8) is 0 Å². The minimum absolute atomic E-state index is 0.211. The third-order valence-corrected chi connectivity index (χ3v) is 6.98.